The van der Waals surface area contributed by atoms with Gasteiger partial charge in [-0.2, -0.15) is 0 Å². The first-order chi connectivity index (χ1) is 13.3. The van der Waals surface area contributed by atoms with Crippen LogP contribution in [-0.4, -0.2) is 43.5 Å². The van der Waals surface area contributed by atoms with E-state index in [4.69, 9.17) is 9.47 Å². The molecule has 0 aliphatic rings. The monoisotopic (exact) mass is 394 g/mol. The van der Waals surface area contributed by atoms with Gasteiger partial charge in [0, 0.05) is 19.7 Å². The van der Waals surface area contributed by atoms with E-state index in [2.05, 4.69) is 5.32 Å². The lowest BCUT2D eigenvalue weighted by molar-refractivity contribution is -0.384. The minimum absolute atomic E-state index is 0.170. The molecule has 0 saturated heterocycles. The van der Waals surface area contributed by atoms with Crippen molar-refractivity contribution in [2.45, 2.75) is 0 Å². The lowest BCUT2D eigenvalue weighted by Crippen LogP contribution is -2.16. The molecule has 0 saturated carbocycles. The molecule has 0 unspecified atom stereocenters. The second-order valence-corrected chi connectivity index (χ2v) is 5.53. The Balaban J connectivity index is 2.09. The maximum absolute atomic E-state index is 13.6. The number of nitro groups is 1. The van der Waals surface area contributed by atoms with Gasteiger partial charge in [-0.25, -0.2) is 13.6 Å². The highest BCUT2D eigenvalue weighted by molar-refractivity contribution is 5.99. The second-order valence-electron chi connectivity index (χ2n) is 5.53. The molecule has 0 aliphatic carbocycles. The number of hydrogen-bond donors (Lipinski definition) is 1. The summed E-state index contributed by atoms with van der Waals surface area (Å²) >= 11 is 0. The van der Waals surface area contributed by atoms with Gasteiger partial charge in [0.25, 0.3) is 5.69 Å². The Morgan fingerprint density at radius 1 is 1.18 bits per heavy atom. The predicted molar refractivity (Wildman–Crippen MR) is 94.4 cm³/mol. The van der Waals surface area contributed by atoms with Gasteiger partial charge < -0.3 is 14.8 Å². The fourth-order valence-electron chi connectivity index (χ4n) is 2.25. The van der Waals surface area contributed by atoms with Crippen molar-refractivity contribution in [3.63, 3.8) is 0 Å². The van der Waals surface area contributed by atoms with Crippen LogP contribution in [0.4, 0.5) is 20.2 Å². The van der Waals surface area contributed by atoms with E-state index in [1.54, 1.807) is 0 Å². The summed E-state index contributed by atoms with van der Waals surface area (Å²) < 4.78 is 36.3. The summed E-state index contributed by atoms with van der Waals surface area (Å²) in [7, 11) is 1.48. The number of nitrogens with one attached hydrogen (secondary N) is 1. The number of anilines is 1. The van der Waals surface area contributed by atoms with Gasteiger partial charge in [-0.05, 0) is 30.3 Å². The summed E-state index contributed by atoms with van der Waals surface area (Å²) in [5.41, 5.74) is -0.919. The number of hydrogen-bond acceptors (Lipinski definition) is 7. The van der Waals surface area contributed by atoms with Crippen LogP contribution in [0.3, 0.4) is 0 Å². The van der Waals surface area contributed by atoms with Gasteiger partial charge in [-0.15, -0.1) is 0 Å². The van der Waals surface area contributed by atoms with Gasteiger partial charge in [0.05, 0.1) is 22.7 Å². The van der Waals surface area contributed by atoms with E-state index in [0.717, 1.165) is 18.2 Å². The lowest BCUT2D eigenvalue weighted by Gasteiger charge is -2.09. The van der Waals surface area contributed by atoms with Crippen molar-refractivity contribution in [1.29, 1.82) is 0 Å². The number of esters is 1. The minimum Gasteiger partial charge on any atom is -0.454 e. The Hall–Kier alpha value is -3.40. The highest BCUT2D eigenvalue weighted by atomic mass is 19.1. The van der Waals surface area contributed by atoms with E-state index in [1.165, 1.54) is 19.2 Å². The third kappa shape index (κ3) is 5.30. The number of halogens is 2. The zero-order valence-corrected chi connectivity index (χ0v) is 14.7. The van der Waals surface area contributed by atoms with Crippen molar-refractivity contribution in [2.24, 2.45) is 0 Å². The topological polar surface area (TPSA) is 108 Å². The zero-order chi connectivity index (χ0) is 20.7. The average molecular weight is 394 g/mol. The van der Waals surface area contributed by atoms with Crippen LogP contribution in [0.25, 0.3) is 0 Å². The molecule has 0 aliphatic heterocycles. The van der Waals surface area contributed by atoms with E-state index >= 15 is 0 Å². The molecule has 0 spiro atoms. The molecule has 0 aromatic heterocycles. The van der Waals surface area contributed by atoms with E-state index in [9.17, 15) is 28.5 Å². The molecule has 148 valence electrons. The molecule has 2 aromatic carbocycles. The van der Waals surface area contributed by atoms with Gasteiger partial charge in [0.2, 0.25) is 5.78 Å². The fourth-order valence-corrected chi connectivity index (χ4v) is 2.25. The number of carbonyl (C=O) groups is 2. The highest BCUT2D eigenvalue weighted by Crippen LogP contribution is 2.26. The summed E-state index contributed by atoms with van der Waals surface area (Å²) in [4.78, 5) is 34.5. The minimum atomic E-state index is -1.02. The van der Waals surface area contributed by atoms with Crippen LogP contribution < -0.4 is 5.32 Å². The van der Waals surface area contributed by atoms with Crippen LogP contribution in [0.15, 0.2) is 36.4 Å². The Morgan fingerprint density at radius 3 is 2.61 bits per heavy atom. The van der Waals surface area contributed by atoms with Crippen molar-refractivity contribution < 1.29 is 32.8 Å². The van der Waals surface area contributed by atoms with Gasteiger partial charge in [0.15, 0.2) is 6.61 Å². The molecule has 0 atom stereocenters. The zero-order valence-electron chi connectivity index (χ0n) is 14.7. The molecular formula is C18H16F2N2O6. The molecule has 0 heterocycles. The van der Waals surface area contributed by atoms with Crippen LogP contribution in [0.5, 0.6) is 0 Å². The van der Waals surface area contributed by atoms with Crippen molar-refractivity contribution in [3.8, 4) is 0 Å². The van der Waals surface area contributed by atoms with Gasteiger partial charge >= 0.3 is 5.97 Å². The number of Topliss-reactive ketones (excluding diaryl/α,β-unsaturated/α-hetero) is 1. The maximum Gasteiger partial charge on any atom is 0.338 e. The SMILES string of the molecule is COCCNc1ccc(C(=O)OCC(=O)c2cc(F)ccc2F)cc1[N+](=O)[O-]. The van der Waals surface area contributed by atoms with Gasteiger partial charge in [-0.1, -0.05) is 0 Å². The number of nitro benzene ring substituents is 1. The summed E-state index contributed by atoms with van der Waals surface area (Å²) in [6, 6.07) is 5.90. The molecule has 28 heavy (non-hydrogen) atoms. The van der Waals surface area contributed by atoms with Gasteiger partial charge in [0.1, 0.15) is 17.3 Å². The van der Waals surface area contributed by atoms with Crippen molar-refractivity contribution >= 4 is 23.1 Å². The molecule has 0 radical (unpaired) electrons. The van der Waals surface area contributed by atoms with Crippen LogP contribution in [0, 0.1) is 21.7 Å². The standard InChI is InChI=1S/C18H16F2N2O6/c1-27-7-6-21-15-5-2-11(8-16(15)22(25)26)18(24)28-10-17(23)13-9-12(19)3-4-14(13)20/h2-5,8-9,21H,6-7,10H2,1H3. The molecule has 8 nitrogen and oxygen atoms in total. The number of rotatable bonds is 9. The normalized spacial score (nSPS) is 10.4. The summed E-state index contributed by atoms with van der Waals surface area (Å²) in [5.74, 6) is -3.73. The predicted octanol–water partition coefficient (Wildman–Crippen LogP) is 2.97. The second kappa shape index (κ2) is 9.51. The number of nitrogens with zero attached hydrogens (tertiary/aromatic N) is 1. The summed E-state index contributed by atoms with van der Waals surface area (Å²) in [6.45, 7) is -0.213. The van der Waals surface area contributed by atoms with Crippen molar-refractivity contribution in [2.75, 3.05) is 32.2 Å². The first-order valence-electron chi connectivity index (χ1n) is 8.00. The molecule has 0 bridgehead atoms. The van der Waals surface area contributed by atoms with Crippen LogP contribution in [0.2, 0.25) is 0 Å². The highest BCUT2D eigenvalue weighted by Gasteiger charge is 2.20. The Morgan fingerprint density at radius 2 is 1.93 bits per heavy atom. The molecule has 10 heteroatoms. The molecular weight excluding hydrogens is 378 g/mol. The fraction of sp³-hybridized carbons (Fsp3) is 0.222. The van der Waals surface area contributed by atoms with Crippen LogP contribution in [0.1, 0.15) is 20.7 Å². The Labute approximate surface area is 158 Å². The van der Waals surface area contributed by atoms with Gasteiger partial charge in [-0.3, -0.25) is 14.9 Å². The third-order valence-electron chi connectivity index (χ3n) is 3.61. The Kier molecular flexibility index (Phi) is 7.10. The quantitative estimate of drug-likeness (QED) is 0.229. The van der Waals surface area contributed by atoms with E-state index in [-0.39, 0.29) is 16.9 Å². The first-order valence-corrected chi connectivity index (χ1v) is 8.00. The smallest absolute Gasteiger partial charge is 0.338 e. The number of carbonyl (C=O) groups excluding carboxylic acids is 2. The number of benzene rings is 2. The number of methoxy groups -OCH3 is 1. The molecule has 0 fully saturated rings. The number of ketones is 1. The molecule has 2 rings (SSSR count). The largest absolute Gasteiger partial charge is 0.454 e. The summed E-state index contributed by atoms with van der Waals surface area (Å²) in [6.07, 6.45) is 0. The first kappa shape index (κ1) is 20.9. The molecule has 1 N–H and O–H groups in total. The van der Waals surface area contributed by atoms with E-state index in [0.29, 0.717) is 19.2 Å². The van der Waals surface area contributed by atoms with Crippen LogP contribution in [-0.2, 0) is 9.47 Å². The maximum atomic E-state index is 13.6. The van der Waals surface area contributed by atoms with Crippen molar-refractivity contribution in [3.05, 3.63) is 69.3 Å². The third-order valence-corrected chi connectivity index (χ3v) is 3.61. The van der Waals surface area contributed by atoms with Crippen molar-refractivity contribution in [1.82, 2.24) is 0 Å². The van der Waals surface area contributed by atoms with E-state index in [1.807, 2.05) is 0 Å². The average Bonchev–Trinajstić information content (AvgIpc) is 2.67. The summed E-state index contributed by atoms with van der Waals surface area (Å²) in [5, 5.41) is 14.0. The Bertz CT molecular complexity index is 904. The lowest BCUT2D eigenvalue weighted by atomic mass is 10.1. The number of ether oxygens (including phenoxy) is 2. The molecule has 0 amide bonds. The van der Waals surface area contributed by atoms with Crippen LogP contribution >= 0.6 is 0 Å². The molecule has 2 aromatic rings. The van der Waals surface area contributed by atoms with E-state index < -0.39 is 40.5 Å².